The summed E-state index contributed by atoms with van der Waals surface area (Å²) in [6.07, 6.45) is 1.12. The first-order valence-electron chi connectivity index (χ1n) is 6.08. The van der Waals surface area contributed by atoms with Gasteiger partial charge in [0.2, 0.25) is 0 Å². The quantitative estimate of drug-likeness (QED) is 0.892. The van der Waals surface area contributed by atoms with Crippen molar-refractivity contribution in [3.8, 4) is 5.75 Å². The number of hydrogen-bond acceptors (Lipinski definition) is 2. The average Bonchev–Trinajstić information content (AvgIpc) is 3.06. The number of carboxylic acids is 1. The molecule has 1 aliphatic rings. The summed E-state index contributed by atoms with van der Waals surface area (Å²) >= 11 is 0. The molecule has 0 aromatic heterocycles. The number of halogens is 2. The summed E-state index contributed by atoms with van der Waals surface area (Å²) < 4.78 is 32.7. The summed E-state index contributed by atoms with van der Waals surface area (Å²) in [6, 6.07) is 4.70. The van der Waals surface area contributed by atoms with Gasteiger partial charge in [-0.1, -0.05) is 12.1 Å². The van der Waals surface area contributed by atoms with Crippen LogP contribution in [0.5, 0.6) is 5.75 Å². The van der Waals surface area contributed by atoms with Gasteiger partial charge >= 0.3 is 5.97 Å². The molecular formula is C14H16F2O3. The first-order valence-corrected chi connectivity index (χ1v) is 6.08. The fourth-order valence-corrected chi connectivity index (χ4v) is 2.58. The molecule has 1 saturated carbocycles. The summed E-state index contributed by atoms with van der Waals surface area (Å²) in [4.78, 5) is 10.9. The molecule has 3 nitrogen and oxygen atoms in total. The number of carbonyl (C=O) groups is 1. The molecule has 0 amide bonds. The molecule has 104 valence electrons. The highest BCUT2D eigenvalue weighted by molar-refractivity contribution is 5.70. The summed E-state index contributed by atoms with van der Waals surface area (Å²) in [6.45, 7) is 0.811. The molecule has 0 heterocycles. The number of rotatable bonds is 5. The Kier molecular flexibility index (Phi) is 3.24. The van der Waals surface area contributed by atoms with Crippen LogP contribution in [0.2, 0.25) is 0 Å². The third-order valence-electron chi connectivity index (χ3n) is 3.60. The molecule has 1 aromatic rings. The Bertz CT molecular complexity index is 502. The Labute approximate surface area is 110 Å². The molecule has 1 aromatic carbocycles. The average molecular weight is 270 g/mol. The van der Waals surface area contributed by atoms with Gasteiger partial charge in [0.1, 0.15) is 5.75 Å². The van der Waals surface area contributed by atoms with Gasteiger partial charge in [-0.05, 0) is 24.5 Å². The van der Waals surface area contributed by atoms with E-state index in [2.05, 4.69) is 0 Å². The zero-order valence-electron chi connectivity index (χ0n) is 10.9. The van der Waals surface area contributed by atoms with Gasteiger partial charge in [-0.3, -0.25) is 4.79 Å². The van der Waals surface area contributed by atoms with Gasteiger partial charge in [-0.2, -0.15) is 0 Å². The molecule has 0 saturated heterocycles. The van der Waals surface area contributed by atoms with Crippen molar-refractivity contribution in [3.05, 3.63) is 29.3 Å². The number of carboxylic acid groups (broad SMARTS) is 1. The van der Waals surface area contributed by atoms with Gasteiger partial charge in [0.05, 0.1) is 19.1 Å². The molecule has 0 aliphatic heterocycles. The minimum Gasteiger partial charge on any atom is -0.496 e. The first-order chi connectivity index (χ1) is 8.80. The molecule has 0 radical (unpaired) electrons. The predicted molar refractivity (Wildman–Crippen MR) is 65.7 cm³/mol. The Morgan fingerprint density at radius 3 is 2.53 bits per heavy atom. The van der Waals surface area contributed by atoms with Crippen LogP contribution in [0.15, 0.2) is 18.2 Å². The maximum atomic E-state index is 13.8. The second-order valence-electron chi connectivity index (χ2n) is 5.12. The minimum atomic E-state index is -3.06. The van der Waals surface area contributed by atoms with Crippen LogP contribution in [0.1, 0.15) is 37.3 Å². The van der Waals surface area contributed by atoms with Crippen molar-refractivity contribution in [1.82, 2.24) is 0 Å². The van der Waals surface area contributed by atoms with Crippen LogP contribution in [-0.2, 0) is 16.1 Å². The van der Waals surface area contributed by atoms with E-state index in [9.17, 15) is 13.6 Å². The highest BCUT2D eigenvalue weighted by atomic mass is 19.3. The monoisotopic (exact) mass is 270 g/mol. The fraction of sp³-hybridized carbons (Fsp3) is 0.500. The molecule has 1 aliphatic carbocycles. The Morgan fingerprint density at radius 2 is 2.11 bits per heavy atom. The van der Waals surface area contributed by atoms with Crippen molar-refractivity contribution >= 4 is 5.97 Å². The van der Waals surface area contributed by atoms with Crippen LogP contribution in [-0.4, -0.2) is 18.2 Å². The molecule has 0 unspecified atom stereocenters. The standard InChI is InChI=1S/C14H16F2O3/c1-13(15,16)12-9(4-3-5-10(12)19-2)14(6-7-14)8-11(17)18/h3-5H,6-8H2,1-2H3,(H,17,18). The van der Waals surface area contributed by atoms with E-state index < -0.39 is 17.3 Å². The molecule has 1 N–H and O–H groups in total. The van der Waals surface area contributed by atoms with Crippen LogP contribution in [0, 0.1) is 0 Å². The third-order valence-corrected chi connectivity index (χ3v) is 3.60. The van der Waals surface area contributed by atoms with Crippen molar-refractivity contribution in [2.75, 3.05) is 7.11 Å². The molecule has 5 heteroatoms. The zero-order chi connectivity index (χ0) is 14.3. The van der Waals surface area contributed by atoms with E-state index in [4.69, 9.17) is 9.84 Å². The van der Waals surface area contributed by atoms with Crippen molar-refractivity contribution in [2.24, 2.45) is 0 Å². The third kappa shape index (κ3) is 2.55. The molecule has 1 fully saturated rings. The Morgan fingerprint density at radius 1 is 1.47 bits per heavy atom. The van der Waals surface area contributed by atoms with E-state index in [1.54, 1.807) is 12.1 Å². The molecular weight excluding hydrogens is 254 g/mol. The molecule has 0 atom stereocenters. The molecule has 2 rings (SSSR count). The number of alkyl halides is 2. The second kappa shape index (κ2) is 4.47. The Hall–Kier alpha value is -1.65. The van der Waals surface area contributed by atoms with Crippen LogP contribution >= 0.6 is 0 Å². The minimum absolute atomic E-state index is 0.113. The molecule has 0 spiro atoms. The predicted octanol–water partition coefficient (Wildman–Crippen LogP) is 3.31. The van der Waals surface area contributed by atoms with Crippen molar-refractivity contribution in [1.29, 1.82) is 0 Å². The highest BCUT2D eigenvalue weighted by Crippen LogP contribution is 2.55. The lowest BCUT2D eigenvalue weighted by Crippen LogP contribution is -2.20. The summed E-state index contributed by atoms with van der Waals surface area (Å²) in [5, 5.41) is 8.95. The van der Waals surface area contributed by atoms with E-state index in [-0.39, 0.29) is 17.7 Å². The molecule has 0 bridgehead atoms. The number of methoxy groups -OCH3 is 1. The largest absolute Gasteiger partial charge is 0.496 e. The van der Waals surface area contributed by atoms with Crippen molar-refractivity contribution in [3.63, 3.8) is 0 Å². The van der Waals surface area contributed by atoms with Gasteiger partial charge in [0, 0.05) is 12.3 Å². The van der Waals surface area contributed by atoms with E-state index in [1.165, 1.54) is 13.2 Å². The number of benzene rings is 1. The summed E-state index contributed by atoms with van der Waals surface area (Å²) in [5.74, 6) is -3.91. The van der Waals surface area contributed by atoms with E-state index in [1.807, 2.05) is 0 Å². The topological polar surface area (TPSA) is 46.5 Å². The van der Waals surface area contributed by atoms with E-state index in [0.717, 1.165) is 6.92 Å². The van der Waals surface area contributed by atoms with Crippen LogP contribution in [0.3, 0.4) is 0 Å². The zero-order valence-corrected chi connectivity index (χ0v) is 10.9. The fourth-order valence-electron chi connectivity index (χ4n) is 2.58. The van der Waals surface area contributed by atoms with E-state index in [0.29, 0.717) is 18.4 Å². The smallest absolute Gasteiger partial charge is 0.304 e. The Balaban J connectivity index is 2.55. The lowest BCUT2D eigenvalue weighted by molar-refractivity contribution is -0.137. The van der Waals surface area contributed by atoms with Crippen molar-refractivity contribution < 1.29 is 23.4 Å². The van der Waals surface area contributed by atoms with E-state index >= 15 is 0 Å². The van der Waals surface area contributed by atoms with Crippen LogP contribution in [0.25, 0.3) is 0 Å². The van der Waals surface area contributed by atoms with Gasteiger partial charge in [-0.15, -0.1) is 0 Å². The molecule has 19 heavy (non-hydrogen) atoms. The van der Waals surface area contributed by atoms with Gasteiger partial charge < -0.3 is 9.84 Å². The van der Waals surface area contributed by atoms with Crippen molar-refractivity contribution in [2.45, 2.75) is 37.5 Å². The van der Waals surface area contributed by atoms with Gasteiger partial charge in [0.15, 0.2) is 0 Å². The van der Waals surface area contributed by atoms with Gasteiger partial charge in [0.25, 0.3) is 5.92 Å². The van der Waals surface area contributed by atoms with Crippen LogP contribution < -0.4 is 4.74 Å². The highest BCUT2D eigenvalue weighted by Gasteiger charge is 2.50. The second-order valence-corrected chi connectivity index (χ2v) is 5.12. The van der Waals surface area contributed by atoms with Gasteiger partial charge in [-0.25, -0.2) is 8.78 Å². The summed E-state index contributed by atoms with van der Waals surface area (Å²) in [5.41, 5.74) is -0.437. The first kappa shape index (κ1) is 13.8. The normalized spacial score (nSPS) is 17.1. The van der Waals surface area contributed by atoms with Crippen LogP contribution in [0.4, 0.5) is 8.78 Å². The SMILES string of the molecule is COc1cccc(C2(CC(=O)O)CC2)c1C(C)(F)F. The lowest BCUT2D eigenvalue weighted by atomic mass is 9.86. The lowest BCUT2D eigenvalue weighted by Gasteiger charge is -2.23. The maximum Gasteiger partial charge on any atom is 0.304 e. The number of ether oxygens (including phenoxy) is 1. The maximum absolute atomic E-state index is 13.8. The number of hydrogen-bond donors (Lipinski definition) is 1. The number of aliphatic carboxylic acids is 1. The summed E-state index contributed by atoms with van der Waals surface area (Å²) in [7, 11) is 1.34.